The molecule has 0 fully saturated rings. The van der Waals surface area contributed by atoms with Gasteiger partial charge in [-0.15, -0.1) is 0 Å². The molecule has 2 aromatic carbocycles. The van der Waals surface area contributed by atoms with Crippen molar-refractivity contribution in [3.05, 3.63) is 53.3 Å². The average molecular weight is 316 g/mol. The number of aromatic nitrogens is 2. The predicted octanol–water partition coefficient (Wildman–Crippen LogP) is 3.77. The molecule has 0 saturated carbocycles. The van der Waals surface area contributed by atoms with Crippen LogP contribution < -0.4 is 10.5 Å². The molecule has 94 valence electrons. The van der Waals surface area contributed by atoms with E-state index >= 15 is 0 Å². The summed E-state index contributed by atoms with van der Waals surface area (Å²) in [6.07, 6.45) is 1.48. The summed E-state index contributed by atoms with van der Waals surface area (Å²) in [6.45, 7) is 0. The number of ether oxygens (including phenoxy) is 1. The Bertz CT molecular complexity index is 740. The smallest absolute Gasteiger partial charge is 0.230 e. The Balaban J connectivity index is 2.08. The number of hydrogen-bond acceptors (Lipinski definition) is 4. The second kappa shape index (κ2) is 4.85. The molecule has 3 aromatic rings. The number of benzene rings is 2. The van der Waals surface area contributed by atoms with Gasteiger partial charge in [0.05, 0.1) is 15.4 Å². The van der Waals surface area contributed by atoms with Gasteiger partial charge in [-0.3, -0.25) is 0 Å². The molecule has 0 amide bonds. The SMILES string of the molecule is Nc1ccc(Br)c(Oc2ncnc3ccccc23)c1. The van der Waals surface area contributed by atoms with Gasteiger partial charge in [0.15, 0.2) is 0 Å². The molecule has 2 N–H and O–H groups in total. The highest BCUT2D eigenvalue weighted by Crippen LogP contribution is 2.33. The Kier molecular flexibility index (Phi) is 3.05. The van der Waals surface area contributed by atoms with Gasteiger partial charge >= 0.3 is 0 Å². The Morgan fingerprint density at radius 2 is 1.89 bits per heavy atom. The molecule has 0 aliphatic heterocycles. The molecule has 0 radical (unpaired) electrons. The van der Waals surface area contributed by atoms with E-state index < -0.39 is 0 Å². The second-order valence-electron chi connectivity index (χ2n) is 3.99. The molecule has 19 heavy (non-hydrogen) atoms. The zero-order valence-corrected chi connectivity index (χ0v) is 11.5. The number of para-hydroxylation sites is 1. The van der Waals surface area contributed by atoms with E-state index in [4.69, 9.17) is 10.5 Å². The Morgan fingerprint density at radius 3 is 2.79 bits per heavy atom. The number of anilines is 1. The molecule has 0 unspecified atom stereocenters. The van der Waals surface area contributed by atoms with Crippen molar-refractivity contribution in [3.8, 4) is 11.6 Å². The van der Waals surface area contributed by atoms with Crippen molar-refractivity contribution in [2.45, 2.75) is 0 Å². The largest absolute Gasteiger partial charge is 0.437 e. The Morgan fingerprint density at radius 1 is 1.05 bits per heavy atom. The summed E-state index contributed by atoms with van der Waals surface area (Å²) in [5, 5.41) is 0.860. The van der Waals surface area contributed by atoms with Gasteiger partial charge in [0.2, 0.25) is 5.88 Å². The van der Waals surface area contributed by atoms with Crippen molar-refractivity contribution in [3.63, 3.8) is 0 Å². The third-order valence-corrected chi connectivity index (χ3v) is 3.32. The summed E-state index contributed by atoms with van der Waals surface area (Å²) in [5.41, 5.74) is 7.24. The minimum absolute atomic E-state index is 0.511. The fraction of sp³-hybridized carbons (Fsp3) is 0. The number of nitrogen functional groups attached to an aromatic ring is 1. The number of hydrogen-bond donors (Lipinski definition) is 1. The standard InChI is InChI=1S/C14H10BrN3O/c15-11-6-5-9(16)7-13(11)19-14-10-3-1-2-4-12(10)17-8-18-14/h1-8H,16H2. The molecular formula is C14H10BrN3O. The van der Waals surface area contributed by atoms with Crippen LogP contribution in [0.1, 0.15) is 0 Å². The summed E-state index contributed by atoms with van der Waals surface area (Å²) < 4.78 is 6.65. The van der Waals surface area contributed by atoms with Crippen LogP contribution >= 0.6 is 15.9 Å². The lowest BCUT2D eigenvalue weighted by Gasteiger charge is -2.09. The van der Waals surface area contributed by atoms with Crippen molar-refractivity contribution >= 4 is 32.5 Å². The normalized spacial score (nSPS) is 10.6. The lowest BCUT2D eigenvalue weighted by molar-refractivity contribution is 0.465. The molecule has 1 heterocycles. The minimum Gasteiger partial charge on any atom is -0.437 e. The maximum atomic E-state index is 5.83. The van der Waals surface area contributed by atoms with E-state index in [0.29, 0.717) is 17.3 Å². The molecular weight excluding hydrogens is 306 g/mol. The molecule has 0 atom stereocenters. The van der Waals surface area contributed by atoms with Crippen molar-refractivity contribution in [1.82, 2.24) is 9.97 Å². The first-order chi connectivity index (χ1) is 9.24. The summed E-state index contributed by atoms with van der Waals surface area (Å²) >= 11 is 3.43. The van der Waals surface area contributed by atoms with Crippen LogP contribution in [0.25, 0.3) is 10.9 Å². The molecule has 0 aliphatic rings. The van der Waals surface area contributed by atoms with E-state index in [1.807, 2.05) is 30.3 Å². The highest BCUT2D eigenvalue weighted by Gasteiger charge is 2.08. The van der Waals surface area contributed by atoms with Gasteiger partial charge in [-0.05, 0) is 40.2 Å². The van der Waals surface area contributed by atoms with Gasteiger partial charge in [-0.25, -0.2) is 9.97 Å². The van der Waals surface area contributed by atoms with Crippen LogP contribution in [-0.2, 0) is 0 Å². The molecule has 0 saturated heterocycles. The number of nitrogens with two attached hydrogens (primary N) is 1. The van der Waals surface area contributed by atoms with Crippen molar-refractivity contribution in [2.24, 2.45) is 0 Å². The van der Waals surface area contributed by atoms with Crippen LogP contribution in [0.5, 0.6) is 11.6 Å². The molecule has 0 aliphatic carbocycles. The molecule has 4 nitrogen and oxygen atoms in total. The van der Waals surface area contributed by atoms with Gasteiger partial charge in [0.25, 0.3) is 0 Å². The summed E-state index contributed by atoms with van der Waals surface area (Å²) in [4.78, 5) is 8.37. The van der Waals surface area contributed by atoms with E-state index in [2.05, 4.69) is 25.9 Å². The highest BCUT2D eigenvalue weighted by atomic mass is 79.9. The van der Waals surface area contributed by atoms with Crippen LogP contribution in [0, 0.1) is 0 Å². The Labute approximate surface area is 118 Å². The first kappa shape index (κ1) is 11.9. The van der Waals surface area contributed by atoms with E-state index in [-0.39, 0.29) is 0 Å². The quantitative estimate of drug-likeness (QED) is 0.731. The van der Waals surface area contributed by atoms with E-state index in [9.17, 15) is 0 Å². The lowest BCUT2D eigenvalue weighted by atomic mass is 10.2. The third-order valence-electron chi connectivity index (χ3n) is 2.67. The summed E-state index contributed by atoms with van der Waals surface area (Å²) in [6, 6.07) is 13.1. The van der Waals surface area contributed by atoms with Crippen LogP contribution in [0.2, 0.25) is 0 Å². The summed E-state index contributed by atoms with van der Waals surface area (Å²) in [5.74, 6) is 1.14. The molecule has 1 aromatic heterocycles. The number of nitrogens with zero attached hydrogens (tertiary/aromatic N) is 2. The third kappa shape index (κ3) is 2.37. The lowest BCUT2D eigenvalue weighted by Crippen LogP contribution is -1.93. The number of halogens is 1. The van der Waals surface area contributed by atoms with Gasteiger partial charge in [-0.2, -0.15) is 0 Å². The van der Waals surface area contributed by atoms with E-state index in [1.165, 1.54) is 6.33 Å². The van der Waals surface area contributed by atoms with Gasteiger partial charge in [0, 0.05) is 11.8 Å². The molecule has 3 rings (SSSR count). The first-order valence-corrected chi connectivity index (χ1v) is 6.46. The van der Waals surface area contributed by atoms with Gasteiger partial charge in [0.1, 0.15) is 12.1 Å². The van der Waals surface area contributed by atoms with Crippen LogP contribution in [0.4, 0.5) is 5.69 Å². The maximum absolute atomic E-state index is 5.83. The maximum Gasteiger partial charge on any atom is 0.230 e. The van der Waals surface area contributed by atoms with Crippen LogP contribution in [0.3, 0.4) is 0 Å². The monoisotopic (exact) mass is 315 g/mol. The van der Waals surface area contributed by atoms with Crippen molar-refractivity contribution in [2.75, 3.05) is 5.73 Å². The second-order valence-corrected chi connectivity index (χ2v) is 4.84. The van der Waals surface area contributed by atoms with E-state index in [0.717, 1.165) is 15.4 Å². The number of rotatable bonds is 2. The molecule has 0 bridgehead atoms. The van der Waals surface area contributed by atoms with Gasteiger partial charge in [-0.1, -0.05) is 12.1 Å². The van der Waals surface area contributed by atoms with Crippen molar-refractivity contribution in [1.29, 1.82) is 0 Å². The predicted molar refractivity (Wildman–Crippen MR) is 78.2 cm³/mol. The van der Waals surface area contributed by atoms with Gasteiger partial charge < -0.3 is 10.5 Å². The van der Waals surface area contributed by atoms with Crippen LogP contribution in [0.15, 0.2) is 53.3 Å². The summed E-state index contributed by atoms with van der Waals surface area (Å²) in [7, 11) is 0. The first-order valence-electron chi connectivity index (χ1n) is 5.66. The van der Waals surface area contributed by atoms with E-state index in [1.54, 1.807) is 12.1 Å². The fourth-order valence-electron chi connectivity index (χ4n) is 1.76. The zero-order chi connectivity index (χ0) is 13.2. The highest BCUT2D eigenvalue weighted by molar-refractivity contribution is 9.10. The average Bonchev–Trinajstić information content (AvgIpc) is 2.43. The number of fused-ring (bicyclic) bond motifs is 1. The minimum atomic E-state index is 0.511. The van der Waals surface area contributed by atoms with Crippen molar-refractivity contribution < 1.29 is 4.74 Å². The topological polar surface area (TPSA) is 61.0 Å². The van der Waals surface area contributed by atoms with Crippen LogP contribution in [-0.4, -0.2) is 9.97 Å². The zero-order valence-electron chi connectivity index (χ0n) is 9.88. The molecule has 5 heteroatoms. The Hall–Kier alpha value is -2.14. The molecule has 0 spiro atoms. The fourth-order valence-corrected chi connectivity index (χ4v) is 2.09.